The van der Waals surface area contributed by atoms with E-state index in [1.807, 2.05) is 0 Å². The van der Waals surface area contributed by atoms with Crippen molar-refractivity contribution in [3.63, 3.8) is 0 Å². The Morgan fingerprint density at radius 1 is 0.900 bits per heavy atom. The van der Waals surface area contributed by atoms with Crippen LogP contribution >= 0.6 is 0 Å². The fourth-order valence-electron chi connectivity index (χ4n) is 1.68. The lowest BCUT2D eigenvalue weighted by Gasteiger charge is -2.13. The molecule has 1 aromatic heterocycles. The van der Waals surface area contributed by atoms with Crippen LogP contribution in [-0.4, -0.2) is 9.97 Å². The molecule has 0 bridgehead atoms. The number of H-pyrrole nitrogens is 1. The molecule has 1 heterocycles. The number of nitrogens with one attached hydrogen (secondary N) is 1. The van der Waals surface area contributed by atoms with E-state index in [9.17, 15) is 26.3 Å². The second-order valence-corrected chi connectivity index (χ2v) is 4.18. The van der Waals surface area contributed by atoms with Gasteiger partial charge in [0.25, 0.3) is 0 Å². The zero-order valence-electron chi connectivity index (χ0n) is 10.0. The average molecular weight is 294 g/mol. The summed E-state index contributed by atoms with van der Waals surface area (Å²) < 4.78 is 76.0. The first kappa shape index (κ1) is 14.4. The van der Waals surface area contributed by atoms with Crippen LogP contribution in [0.2, 0.25) is 0 Å². The van der Waals surface area contributed by atoms with E-state index in [0.717, 1.165) is 0 Å². The van der Waals surface area contributed by atoms with E-state index in [1.165, 1.54) is 6.20 Å². The number of aromatic nitrogens is 2. The average Bonchev–Trinajstić information content (AvgIpc) is 2.73. The second kappa shape index (κ2) is 4.53. The maximum Gasteiger partial charge on any atom is 0.416 e. The Balaban J connectivity index is 2.63. The minimum absolute atomic E-state index is 0.0900. The molecule has 0 aliphatic heterocycles. The molecule has 0 fully saturated rings. The summed E-state index contributed by atoms with van der Waals surface area (Å²) in [6.07, 6.45) is -8.53. The van der Waals surface area contributed by atoms with Gasteiger partial charge in [-0.15, -0.1) is 0 Å². The summed E-state index contributed by atoms with van der Waals surface area (Å²) in [6.45, 7) is 1.54. The fraction of sp³-hybridized carbons (Fsp3) is 0.250. The molecule has 20 heavy (non-hydrogen) atoms. The first-order chi connectivity index (χ1) is 9.07. The molecular formula is C12H8F6N2. The number of alkyl halides is 6. The first-order valence-corrected chi connectivity index (χ1v) is 5.39. The standard InChI is InChI=1S/C12H8F6N2/c1-6-19-5-10(20-6)7-2-8(11(13,14)15)4-9(3-7)12(16,17)18/h2-5H,1H3,(H,19,20). The van der Waals surface area contributed by atoms with Gasteiger partial charge < -0.3 is 4.98 Å². The van der Waals surface area contributed by atoms with Crippen molar-refractivity contribution in [2.45, 2.75) is 19.3 Å². The molecule has 1 aromatic carbocycles. The molecule has 8 heteroatoms. The second-order valence-electron chi connectivity index (χ2n) is 4.18. The highest BCUT2D eigenvalue weighted by atomic mass is 19.4. The molecule has 2 aromatic rings. The third-order valence-corrected chi connectivity index (χ3v) is 2.60. The third kappa shape index (κ3) is 2.94. The van der Waals surface area contributed by atoms with Gasteiger partial charge in [0.2, 0.25) is 0 Å². The van der Waals surface area contributed by atoms with Crippen LogP contribution in [0, 0.1) is 6.92 Å². The summed E-state index contributed by atoms with van der Waals surface area (Å²) in [5.41, 5.74) is -2.82. The molecule has 0 unspecified atom stereocenters. The SMILES string of the molecule is Cc1ncc(-c2cc(C(F)(F)F)cc(C(F)(F)F)c2)[nH]1. The monoisotopic (exact) mass is 294 g/mol. The van der Waals surface area contributed by atoms with Crippen molar-refractivity contribution in [1.29, 1.82) is 0 Å². The van der Waals surface area contributed by atoms with Gasteiger partial charge in [0, 0.05) is 5.56 Å². The summed E-state index contributed by atoms with van der Waals surface area (Å²) in [7, 11) is 0. The first-order valence-electron chi connectivity index (χ1n) is 5.39. The van der Waals surface area contributed by atoms with E-state index in [0.29, 0.717) is 18.0 Å². The van der Waals surface area contributed by atoms with Crippen molar-refractivity contribution < 1.29 is 26.3 Å². The summed E-state index contributed by atoms with van der Waals surface area (Å²) in [6, 6.07) is 1.40. The Morgan fingerprint density at radius 3 is 1.75 bits per heavy atom. The molecule has 0 atom stereocenters. The molecule has 0 aliphatic carbocycles. The summed E-state index contributed by atoms with van der Waals surface area (Å²) in [4.78, 5) is 6.36. The van der Waals surface area contributed by atoms with Crippen LogP contribution in [0.1, 0.15) is 17.0 Å². The van der Waals surface area contributed by atoms with E-state index in [-0.39, 0.29) is 17.3 Å². The number of aromatic amines is 1. The number of aryl methyl sites for hydroxylation is 1. The summed E-state index contributed by atoms with van der Waals surface area (Å²) >= 11 is 0. The molecule has 0 amide bonds. The van der Waals surface area contributed by atoms with Gasteiger partial charge in [-0.2, -0.15) is 26.3 Å². The van der Waals surface area contributed by atoms with Crippen LogP contribution in [0.15, 0.2) is 24.4 Å². The molecule has 0 spiro atoms. The zero-order chi connectivity index (χ0) is 15.1. The van der Waals surface area contributed by atoms with Crippen molar-refractivity contribution in [1.82, 2.24) is 9.97 Å². The van der Waals surface area contributed by atoms with Crippen LogP contribution in [0.25, 0.3) is 11.3 Å². The van der Waals surface area contributed by atoms with Gasteiger partial charge in [0.1, 0.15) is 5.82 Å². The highest BCUT2D eigenvalue weighted by molar-refractivity contribution is 5.61. The van der Waals surface area contributed by atoms with E-state index in [4.69, 9.17) is 0 Å². The summed E-state index contributed by atoms with van der Waals surface area (Å²) in [5, 5.41) is 0. The minimum Gasteiger partial charge on any atom is -0.342 e. The van der Waals surface area contributed by atoms with Crippen molar-refractivity contribution in [3.05, 3.63) is 41.3 Å². The number of benzene rings is 1. The topological polar surface area (TPSA) is 28.7 Å². The molecule has 1 N–H and O–H groups in total. The number of hydrogen-bond acceptors (Lipinski definition) is 1. The lowest BCUT2D eigenvalue weighted by atomic mass is 10.0. The summed E-state index contributed by atoms with van der Waals surface area (Å²) in [5.74, 6) is 0.394. The van der Waals surface area contributed by atoms with Crippen LogP contribution in [0.4, 0.5) is 26.3 Å². The van der Waals surface area contributed by atoms with Gasteiger partial charge in [-0.3, -0.25) is 0 Å². The van der Waals surface area contributed by atoms with Gasteiger partial charge >= 0.3 is 12.4 Å². The van der Waals surface area contributed by atoms with Gasteiger partial charge in [0.15, 0.2) is 0 Å². The molecule has 0 aliphatic rings. The Bertz CT molecular complexity index is 591. The molecule has 108 valence electrons. The Hall–Kier alpha value is -1.99. The molecule has 0 radical (unpaired) electrons. The largest absolute Gasteiger partial charge is 0.416 e. The lowest BCUT2D eigenvalue weighted by Crippen LogP contribution is -2.11. The normalized spacial score (nSPS) is 12.8. The van der Waals surface area contributed by atoms with Crippen LogP contribution in [0.5, 0.6) is 0 Å². The Kier molecular flexibility index (Phi) is 3.27. The smallest absolute Gasteiger partial charge is 0.342 e. The predicted octanol–water partition coefficient (Wildman–Crippen LogP) is 4.42. The van der Waals surface area contributed by atoms with E-state index in [1.54, 1.807) is 6.92 Å². The van der Waals surface area contributed by atoms with Crippen LogP contribution in [0.3, 0.4) is 0 Å². The number of hydrogen-bond donors (Lipinski definition) is 1. The maximum absolute atomic E-state index is 12.7. The van der Waals surface area contributed by atoms with Crippen LogP contribution < -0.4 is 0 Å². The lowest BCUT2D eigenvalue weighted by molar-refractivity contribution is -0.143. The third-order valence-electron chi connectivity index (χ3n) is 2.60. The van der Waals surface area contributed by atoms with Gasteiger partial charge in [-0.25, -0.2) is 4.98 Å². The fourth-order valence-corrected chi connectivity index (χ4v) is 1.68. The maximum atomic E-state index is 12.7. The van der Waals surface area contributed by atoms with Crippen molar-refractivity contribution in [2.24, 2.45) is 0 Å². The molecule has 0 saturated carbocycles. The highest BCUT2D eigenvalue weighted by Gasteiger charge is 2.37. The molecular weight excluding hydrogens is 286 g/mol. The Labute approximate surface area is 109 Å². The van der Waals surface area contributed by atoms with E-state index in [2.05, 4.69) is 9.97 Å². The van der Waals surface area contributed by atoms with E-state index < -0.39 is 23.5 Å². The van der Waals surface area contributed by atoms with E-state index >= 15 is 0 Å². The van der Waals surface area contributed by atoms with Crippen molar-refractivity contribution in [2.75, 3.05) is 0 Å². The van der Waals surface area contributed by atoms with Crippen LogP contribution in [-0.2, 0) is 12.4 Å². The quantitative estimate of drug-likeness (QED) is 0.775. The zero-order valence-corrected chi connectivity index (χ0v) is 10.0. The highest BCUT2D eigenvalue weighted by Crippen LogP contribution is 2.38. The molecule has 0 saturated heterocycles. The number of imidazole rings is 1. The van der Waals surface area contributed by atoms with Gasteiger partial charge in [-0.05, 0) is 25.1 Å². The number of halogens is 6. The predicted molar refractivity (Wildman–Crippen MR) is 58.8 cm³/mol. The molecule has 2 rings (SSSR count). The van der Waals surface area contributed by atoms with Crippen molar-refractivity contribution in [3.8, 4) is 11.3 Å². The van der Waals surface area contributed by atoms with Gasteiger partial charge in [-0.1, -0.05) is 0 Å². The number of rotatable bonds is 1. The van der Waals surface area contributed by atoms with Crippen molar-refractivity contribution >= 4 is 0 Å². The Morgan fingerprint density at radius 2 is 1.40 bits per heavy atom. The molecule has 2 nitrogen and oxygen atoms in total. The minimum atomic E-state index is -4.86. The number of nitrogens with zero attached hydrogens (tertiary/aromatic N) is 1. The van der Waals surface area contributed by atoms with Gasteiger partial charge in [0.05, 0.1) is 23.0 Å².